The summed E-state index contributed by atoms with van der Waals surface area (Å²) < 4.78 is 18.7. The van der Waals surface area contributed by atoms with E-state index in [-0.39, 0.29) is 5.82 Å². The number of benzene rings is 1. The van der Waals surface area contributed by atoms with Crippen LogP contribution >= 0.6 is 0 Å². The van der Waals surface area contributed by atoms with Crippen molar-refractivity contribution in [1.29, 1.82) is 0 Å². The van der Waals surface area contributed by atoms with Gasteiger partial charge in [-0.1, -0.05) is 6.07 Å². The highest BCUT2D eigenvalue weighted by molar-refractivity contribution is 5.59. The van der Waals surface area contributed by atoms with E-state index in [1.54, 1.807) is 6.07 Å². The van der Waals surface area contributed by atoms with Gasteiger partial charge in [0.05, 0.1) is 12.8 Å². The molecule has 1 unspecified atom stereocenters. The summed E-state index contributed by atoms with van der Waals surface area (Å²) in [4.78, 5) is 2.16. The van der Waals surface area contributed by atoms with Crippen molar-refractivity contribution in [2.24, 2.45) is 0 Å². The fourth-order valence-corrected chi connectivity index (χ4v) is 2.10. The summed E-state index contributed by atoms with van der Waals surface area (Å²) in [6, 6.07) is 5.47. The number of rotatable bonds is 2. The number of hydrogen-bond donors (Lipinski definition) is 1. The van der Waals surface area contributed by atoms with Crippen molar-refractivity contribution in [3.8, 4) is 5.75 Å². The van der Waals surface area contributed by atoms with E-state index in [2.05, 4.69) is 17.1 Å². The molecule has 1 N–H and O–H groups in total. The molecule has 1 fully saturated rings. The van der Waals surface area contributed by atoms with Gasteiger partial charge in [-0.2, -0.15) is 0 Å². The fourth-order valence-electron chi connectivity index (χ4n) is 2.10. The number of methoxy groups -OCH3 is 1. The van der Waals surface area contributed by atoms with Gasteiger partial charge >= 0.3 is 0 Å². The molecule has 0 radical (unpaired) electrons. The second-order valence-electron chi connectivity index (χ2n) is 4.09. The van der Waals surface area contributed by atoms with Crippen LogP contribution in [0.1, 0.15) is 6.92 Å². The maximum Gasteiger partial charge on any atom is 0.177 e. The molecule has 4 heteroatoms. The minimum atomic E-state index is -0.300. The van der Waals surface area contributed by atoms with Crippen molar-refractivity contribution in [1.82, 2.24) is 5.32 Å². The lowest BCUT2D eigenvalue weighted by molar-refractivity contribution is 0.383. The van der Waals surface area contributed by atoms with E-state index < -0.39 is 0 Å². The Balaban J connectivity index is 2.28. The lowest BCUT2D eigenvalue weighted by Crippen LogP contribution is -2.49. The Bertz CT molecular complexity index is 370. The van der Waals surface area contributed by atoms with Gasteiger partial charge in [-0.3, -0.25) is 0 Å². The Labute approximate surface area is 95.2 Å². The zero-order valence-electron chi connectivity index (χ0n) is 9.66. The van der Waals surface area contributed by atoms with Crippen LogP contribution in [0.15, 0.2) is 18.2 Å². The minimum Gasteiger partial charge on any atom is -0.492 e. The van der Waals surface area contributed by atoms with Crippen molar-refractivity contribution in [3.05, 3.63) is 24.0 Å². The van der Waals surface area contributed by atoms with Gasteiger partial charge in [-0.25, -0.2) is 4.39 Å². The highest BCUT2D eigenvalue weighted by Crippen LogP contribution is 2.31. The molecule has 1 saturated heterocycles. The van der Waals surface area contributed by atoms with Crippen molar-refractivity contribution in [2.75, 3.05) is 31.6 Å². The molecule has 0 saturated carbocycles. The predicted molar refractivity (Wildman–Crippen MR) is 62.6 cm³/mol. The summed E-state index contributed by atoms with van der Waals surface area (Å²) in [5.74, 6) is 0.0442. The van der Waals surface area contributed by atoms with E-state index in [1.165, 1.54) is 13.2 Å². The Morgan fingerprint density at radius 3 is 3.00 bits per heavy atom. The second kappa shape index (κ2) is 4.70. The maximum atomic E-state index is 13.5. The van der Waals surface area contributed by atoms with Crippen LogP contribution in [0.25, 0.3) is 0 Å². The number of para-hydroxylation sites is 1. The third-order valence-corrected chi connectivity index (χ3v) is 2.86. The Morgan fingerprint density at radius 1 is 1.50 bits per heavy atom. The first-order chi connectivity index (χ1) is 7.72. The number of anilines is 1. The summed E-state index contributed by atoms with van der Waals surface area (Å²) in [5.41, 5.74) is 0.843. The Kier molecular flexibility index (Phi) is 3.29. The SMILES string of the molecule is COc1c(F)cccc1N1CCNC(C)C1. The average molecular weight is 224 g/mol. The van der Waals surface area contributed by atoms with E-state index in [9.17, 15) is 4.39 Å². The molecule has 0 aromatic heterocycles. The van der Waals surface area contributed by atoms with Crippen LogP contribution in [0.5, 0.6) is 5.75 Å². The van der Waals surface area contributed by atoms with E-state index in [4.69, 9.17) is 4.74 Å². The molecule has 1 aliphatic heterocycles. The molecule has 1 aromatic carbocycles. The maximum absolute atomic E-state index is 13.5. The van der Waals surface area contributed by atoms with Crippen LogP contribution in [-0.2, 0) is 0 Å². The minimum absolute atomic E-state index is 0.300. The van der Waals surface area contributed by atoms with Crippen LogP contribution in [-0.4, -0.2) is 32.8 Å². The Morgan fingerprint density at radius 2 is 2.31 bits per heavy atom. The van der Waals surface area contributed by atoms with Gasteiger partial charge in [0.25, 0.3) is 0 Å². The van der Waals surface area contributed by atoms with E-state index in [0.717, 1.165) is 25.3 Å². The normalized spacial score (nSPS) is 20.9. The van der Waals surface area contributed by atoms with Crippen molar-refractivity contribution in [3.63, 3.8) is 0 Å². The van der Waals surface area contributed by atoms with Crippen molar-refractivity contribution in [2.45, 2.75) is 13.0 Å². The zero-order chi connectivity index (χ0) is 11.5. The summed E-state index contributed by atoms with van der Waals surface area (Å²) in [5, 5.41) is 3.36. The monoisotopic (exact) mass is 224 g/mol. The predicted octanol–water partition coefficient (Wildman–Crippen LogP) is 1.63. The molecule has 88 valence electrons. The molecule has 0 bridgehead atoms. The second-order valence-corrected chi connectivity index (χ2v) is 4.09. The van der Waals surface area contributed by atoms with Gasteiger partial charge in [0.2, 0.25) is 0 Å². The lowest BCUT2D eigenvalue weighted by Gasteiger charge is -2.34. The van der Waals surface area contributed by atoms with Crippen LogP contribution in [0.2, 0.25) is 0 Å². The molecule has 1 heterocycles. The summed E-state index contributed by atoms with van der Waals surface area (Å²) in [6.07, 6.45) is 0. The number of hydrogen-bond acceptors (Lipinski definition) is 3. The van der Waals surface area contributed by atoms with Crippen LogP contribution in [0.3, 0.4) is 0 Å². The van der Waals surface area contributed by atoms with Crippen LogP contribution in [0.4, 0.5) is 10.1 Å². The molecule has 0 aliphatic carbocycles. The Hall–Kier alpha value is -1.29. The van der Waals surface area contributed by atoms with E-state index >= 15 is 0 Å². The quantitative estimate of drug-likeness (QED) is 0.826. The topological polar surface area (TPSA) is 24.5 Å². The van der Waals surface area contributed by atoms with Crippen molar-refractivity contribution < 1.29 is 9.13 Å². The molecular formula is C12H17FN2O. The van der Waals surface area contributed by atoms with Crippen molar-refractivity contribution >= 4 is 5.69 Å². The van der Waals surface area contributed by atoms with Crippen LogP contribution in [0, 0.1) is 5.82 Å². The van der Waals surface area contributed by atoms with E-state index in [1.807, 2.05) is 6.07 Å². The smallest absolute Gasteiger partial charge is 0.177 e. The third-order valence-electron chi connectivity index (χ3n) is 2.86. The zero-order valence-corrected chi connectivity index (χ0v) is 9.66. The first kappa shape index (κ1) is 11.2. The number of halogens is 1. The standard InChI is InChI=1S/C12H17FN2O/c1-9-8-15(7-6-14-9)11-5-3-4-10(13)12(11)16-2/h3-5,9,14H,6-8H2,1-2H3. The average Bonchev–Trinajstić information content (AvgIpc) is 2.28. The first-order valence-corrected chi connectivity index (χ1v) is 5.53. The molecule has 1 aliphatic rings. The summed E-state index contributed by atoms with van der Waals surface area (Å²) in [6.45, 7) is 4.79. The highest BCUT2D eigenvalue weighted by Gasteiger charge is 2.20. The largest absolute Gasteiger partial charge is 0.492 e. The van der Waals surface area contributed by atoms with E-state index in [0.29, 0.717) is 11.8 Å². The van der Waals surface area contributed by atoms with Gasteiger partial charge in [0.15, 0.2) is 11.6 Å². The van der Waals surface area contributed by atoms with Gasteiger partial charge in [-0.15, -0.1) is 0 Å². The summed E-state index contributed by atoms with van der Waals surface area (Å²) in [7, 11) is 1.51. The van der Waals surface area contributed by atoms with Gasteiger partial charge < -0.3 is 15.0 Å². The lowest BCUT2D eigenvalue weighted by atomic mass is 10.2. The number of piperazine rings is 1. The molecule has 1 atom stereocenters. The molecule has 0 spiro atoms. The summed E-state index contributed by atoms with van der Waals surface area (Å²) >= 11 is 0. The number of nitrogens with zero attached hydrogens (tertiary/aromatic N) is 1. The fraction of sp³-hybridized carbons (Fsp3) is 0.500. The molecule has 2 rings (SSSR count). The van der Waals surface area contributed by atoms with Gasteiger partial charge in [-0.05, 0) is 19.1 Å². The van der Waals surface area contributed by atoms with Gasteiger partial charge in [0.1, 0.15) is 0 Å². The van der Waals surface area contributed by atoms with Gasteiger partial charge in [0, 0.05) is 25.7 Å². The number of nitrogens with one attached hydrogen (secondary N) is 1. The molecule has 16 heavy (non-hydrogen) atoms. The highest BCUT2D eigenvalue weighted by atomic mass is 19.1. The molecular weight excluding hydrogens is 207 g/mol. The molecule has 0 amide bonds. The van der Waals surface area contributed by atoms with Crippen LogP contribution < -0.4 is 15.0 Å². The molecule has 3 nitrogen and oxygen atoms in total. The number of ether oxygens (including phenoxy) is 1. The third kappa shape index (κ3) is 2.11. The first-order valence-electron chi connectivity index (χ1n) is 5.53. The molecule has 1 aromatic rings.